The van der Waals surface area contributed by atoms with Gasteiger partial charge in [0.25, 0.3) is 0 Å². The number of hydrogen-bond acceptors (Lipinski definition) is 6. The Morgan fingerprint density at radius 2 is 1.49 bits per heavy atom. The molecule has 3 N–H and O–H groups in total. The van der Waals surface area contributed by atoms with Gasteiger partial charge in [0.2, 0.25) is 0 Å². The van der Waals surface area contributed by atoms with E-state index in [2.05, 4.69) is 0 Å². The zero-order chi connectivity index (χ0) is 27.5. The van der Waals surface area contributed by atoms with Crippen molar-refractivity contribution in [1.82, 2.24) is 0 Å². The molecule has 0 saturated carbocycles. The van der Waals surface area contributed by atoms with Gasteiger partial charge in [-0.1, -0.05) is 48.5 Å². The second-order valence-corrected chi connectivity index (χ2v) is 16.1. The zero-order valence-electron chi connectivity index (χ0n) is 23.2. The Morgan fingerprint density at radius 3 is 1.83 bits per heavy atom. The summed E-state index contributed by atoms with van der Waals surface area (Å²) in [6.45, 7) is 12.9. The summed E-state index contributed by atoms with van der Waals surface area (Å²) >= 11 is 5.93. The number of rotatable bonds is 15. The second-order valence-electron chi connectivity index (χ2n) is 10.5. The zero-order valence-corrected chi connectivity index (χ0v) is 25.8. The third-order valence-corrected chi connectivity index (χ3v) is 15.5. The SMILES string of the molecule is [B]C1CCC(C(C)C(C)(CC)OP(O)(=S)C(CC)(CC)C(C)(CC)OP(=O)(O)C(O)(CC)CC)O1. The van der Waals surface area contributed by atoms with Crippen molar-refractivity contribution in [2.24, 2.45) is 5.92 Å². The molecule has 7 nitrogen and oxygen atoms in total. The molecule has 0 aliphatic carbocycles. The highest BCUT2D eigenvalue weighted by atomic mass is 32.5. The largest absolute Gasteiger partial charge is 0.384 e. The van der Waals surface area contributed by atoms with Gasteiger partial charge in [0.05, 0.1) is 22.5 Å². The maximum Gasteiger partial charge on any atom is 0.359 e. The van der Waals surface area contributed by atoms with Gasteiger partial charge in [0, 0.05) is 11.9 Å². The molecule has 0 bridgehead atoms. The van der Waals surface area contributed by atoms with Crippen LogP contribution in [0.1, 0.15) is 114 Å². The predicted molar refractivity (Wildman–Crippen MR) is 148 cm³/mol. The molecule has 1 fully saturated rings. The minimum atomic E-state index is -4.52. The fourth-order valence-corrected chi connectivity index (χ4v) is 11.9. The monoisotopic (exact) mass is 554 g/mol. The van der Waals surface area contributed by atoms with Crippen molar-refractivity contribution >= 4 is 33.7 Å². The number of hydrogen-bond donors (Lipinski definition) is 3. The molecule has 35 heavy (non-hydrogen) atoms. The van der Waals surface area contributed by atoms with Gasteiger partial charge in [0.1, 0.15) is 7.85 Å². The molecule has 1 rings (SSSR count). The van der Waals surface area contributed by atoms with Crippen LogP contribution in [0.3, 0.4) is 0 Å². The number of ether oxygens (including phenoxy) is 1. The second kappa shape index (κ2) is 12.3. The molecule has 0 aromatic heterocycles. The molecular formula is C24H49BO7P2S. The smallest absolute Gasteiger partial charge is 0.359 e. The van der Waals surface area contributed by atoms with Crippen LogP contribution in [-0.2, 0) is 30.2 Å². The van der Waals surface area contributed by atoms with E-state index < -0.39 is 35.8 Å². The molecule has 0 aromatic carbocycles. The van der Waals surface area contributed by atoms with Crippen molar-refractivity contribution in [2.45, 2.75) is 147 Å². The summed E-state index contributed by atoms with van der Waals surface area (Å²) in [6.07, 6.45) is 3.19. The lowest BCUT2D eigenvalue weighted by molar-refractivity contribution is -0.0596. The van der Waals surface area contributed by atoms with E-state index in [0.29, 0.717) is 25.7 Å². The average molecular weight is 554 g/mol. The van der Waals surface area contributed by atoms with Crippen LogP contribution in [0.4, 0.5) is 0 Å². The molecule has 0 aromatic rings. The Balaban J connectivity index is 3.52. The normalized spacial score (nSPS) is 27.4. The van der Waals surface area contributed by atoms with E-state index in [1.165, 1.54) is 0 Å². The lowest BCUT2D eigenvalue weighted by Crippen LogP contribution is -2.54. The summed E-state index contributed by atoms with van der Waals surface area (Å²) in [7, 11) is 1.45. The summed E-state index contributed by atoms with van der Waals surface area (Å²) in [6, 6.07) is -0.308. The Hall–Kier alpha value is 0.705. The van der Waals surface area contributed by atoms with Gasteiger partial charge in [-0.15, -0.1) is 0 Å². The van der Waals surface area contributed by atoms with Gasteiger partial charge in [0.15, 0.2) is 11.8 Å². The van der Waals surface area contributed by atoms with Crippen molar-refractivity contribution in [2.75, 3.05) is 0 Å². The molecule has 11 heteroatoms. The van der Waals surface area contributed by atoms with Crippen molar-refractivity contribution in [3.8, 4) is 0 Å². The summed E-state index contributed by atoms with van der Waals surface area (Å²) in [5.41, 5.74) is -2.13. The van der Waals surface area contributed by atoms with E-state index in [1.807, 2.05) is 41.5 Å². The first-order chi connectivity index (χ1) is 15.9. The van der Waals surface area contributed by atoms with Crippen LogP contribution in [0.15, 0.2) is 0 Å². The Morgan fingerprint density at radius 1 is 0.971 bits per heavy atom. The molecule has 206 valence electrons. The topological polar surface area (TPSA) is 105 Å². The third kappa shape index (κ3) is 6.31. The van der Waals surface area contributed by atoms with E-state index in [-0.39, 0.29) is 30.9 Å². The van der Waals surface area contributed by atoms with Crippen LogP contribution < -0.4 is 0 Å². The van der Waals surface area contributed by atoms with Crippen LogP contribution in [0.25, 0.3) is 0 Å². The fourth-order valence-electron chi connectivity index (χ4n) is 5.47. The lowest BCUT2D eigenvalue weighted by Gasteiger charge is -2.54. The predicted octanol–water partition coefficient (Wildman–Crippen LogP) is 6.22. The standard InChI is InChI=1S/C24H49BO7P2S/c1-10-21(8,18(7)19-16-17-20(25)30-19)31-34(29,35)23(12-3,13-4)22(9,11-2)32-33(27,28)24(26,14-5)15-6/h18-20,26H,10-17H2,1-9H3,(H,27,28)(H,29,35). The highest BCUT2D eigenvalue weighted by Gasteiger charge is 2.61. The van der Waals surface area contributed by atoms with E-state index in [0.717, 1.165) is 12.8 Å². The van der Waals surface area contributed by atoms with E-state index in [1.54, 1.807) is 20.8 Å². The van der Waals surface area contributed by atoms with Crippen LogP contribution >= 0.6 is 14.1 Å². The molecular weight excluding hydrogens is 505 g/mol. The van der Waals surface area contributed by atoms with Gasteiger partial charge in [-0.2, -0.15) is 0 Å². The maximum absolute atomic E-state index is 13.4. The quantitative estimate of drug-likeness (QED) is 0.162. The highest BCUT2D eigenvalue weighted by molar-refractivity contribution is 8.10. The lowest BCUT2D eigenvalue weighted by atomic mass is 9.82. The van der Waals surface area contributed by atoms with Crippen LogP contribution in [-0.4, -0.2) is 56.5 Å². The van der Waals surface area contributed by atoms with Gasteiger partial charge in [-0.25, -0.2) is 0 Å². The Kier molecular flexibility index (Phi) is 11.8. The highest BCUT2D eigenvalue weighted by Crippen LogP contribution is 2.71. The third-order valence-electron chi connectivity index (χ3n) is 8.99. The first kappa shape index (κ1) is 33.7. The molecule has 7 unspecified atom stereocenters. The van der Waals surface area contributed by atoms with Crippen LogP contribution in [0.5, 0.6) is 0 Å². The molecule has 0 spiro atoms. The van der Waals surface area contributed by atoms with Crippen molar-refractivity contribution in [3.63, 3.8) is 0 Å². The molecule has 1 aliphatic rings. The van der Waals surface area contributed by atoms with Crippen LogP contribution in [0.2, 0.25) is 0 Å². The first-order valence-corrected chi connectivity index (χ1v) is 17.4. The maximum atomic E-state index is 13.4. The van der Waals surface area contributed by atoms with Crippen molar-refractivity contribution < 1.29 is 33.2 Å². The minimum absolute atomic E-state index is 0.0566. The fraction of sp³-hybridized carbons (Fsp3) is 1.00. The van der Waals surface area contributed by atoms with Crippen LogP contribution in [0, 0.1) is 5.92 Å². The van der Waals surface area contributed by atoms with E-state index in [9.17, 15) is 19.5 Å². The Bertz CT molecular complexity index is 792. The molecule has 1 heterocycles. The summed E-state index contributed by atoms with van der Waals surface area (Å²) in [5.74, 6) is -0.0926. The van der Waals surface area contributed by atoms with Crippen molar-refractivity contribution in [3.05, 3.63) is 0 Å². The molecule has 1 saturated heterocycles. The van der Waals surface area contributed by atoms with Gasteiger partial charge >= 0.3 is 7.60 Å². The first-order valence-electron chi connectivity index (χ1n) is 13.1. The van der Waals surface area contributed by atoms with Gasteiger partial charge in [-0.05, 0) is 77.0 Å². The van der Waals surface area contributed by atoms with Gasteiger partial charge in [-0.3, -0.25) is 9.09 Å². The summed E-state index contributed by atoms with van der Waals surface area (Å²) in [4.78, 5) is 23.0. The minimum Gasteiger partial charge on any atom is -0.384 e. The Labute approximate surface area is 220 Å². The average Bonchev–Trinajstić information content (AvgIpc) is 3.23. The molecule has 7 atom stereocenters. The molecule has 0 amide bonds. The van der Waals surface area contributed by atoms with E-state index >= 15 is 0 Å². The van der Waals surface area contributed by atoms with E-state index in [4.69, 9.17) is 33.4 Å². The molecule has 1 aliphatic heterocycles. The van der Waals surface area contributed by atoms with Crippen molar-refractivity contribution in [1.29, 1.82) is 0 Å². The van der Waals surface area contributed by atoms with Gasteiger partial charge < -0.3 is 24.2 Å². The number of aliphatic hydroxyl groups is 1. The molecule has 2 radical (unpaired) electrons. The summed E-state index contributed by atoms with van der Waals surface area (Å²) < 4.78 is 32.0. The summed E-state index contributed by atoms with van der Waals surface area (Å²) in [5, 5.41) is 7.88.